The maximum atomic E-state index is 4.70. The Hall–Kier alpha value is -1.95. The third-order valence-electron chi connectivity index (χ3n) is 5.57. The number of fused-ring (bicyclic) bond motifs is 3. The Morgan fingerprint density at radius 2 is 1.56 bits per heavy atom. The van der Waals surface area contributed by atoms with E-state index in [4.69, 9.17) is 5.10 Å². The highest BCUT2D eigenvalue weighted by molar-refractivity contribution is 9.11. The van der Waals surface area contributed by atoms with E-state index < -0.39 is 0 Å². The Labute approximate surface area is 172 Å². The van der Waals surface area contributed by atoms with Crippen LogP contribution in [0.25, 0.3) is 11.1 Å². The molecule has 2 aliphatic rings. The molecule has 0 spiro atoms. The number of hydrogen-bond donors (Lipinski definition) is 1. The van der Waals surface area contributed by atoms with Crippen LogP contribution in [0.4, 0.5) is 0 Å². The van der Waals surface area contributed by atoms with Crippen molar-refractivity contribution in [1.29, 1.82) is 0 Å². The number of nitrogens with zero attached hydrogens (tertiary/aromatic N) is 2. The summed E-state index contributed by atoms with van der Waals surface area (Å²) in [6, 6.07) is 22.5. The van der Waals surface area contributed by atoms with Gasteiger partial charge in [0.15, 0.2) is 0 Å². The lowest BCUT2D eigenvalue weighted by atomic mass is 10.0. The number of thiophene rings is 1. The summed E-state index contributed by atoms with van der Waals surface area (Å²) in [5.74, 6) is 0. The van der Waals surface area contributed by atoms with Crippen molar-refractivity contribution in [3.05, 3.63) is 80.5 Å². The van der Waals surface area contributed by atoms with E-state index in [2.05, 4.69) is 81.6 Å². The first-order chi connectivity index (χ1) is 13.3. The number of hydrogen-bond acceptors (Lipinski definition) is 3. The van der Waals surface area contributed by atoms with Gasteiger partial charge in [0.1, 0.15) is 6.04 Å². The third kappa shape index (κ3) is 3.24. The van der Waals surface area contributed by atoms with Crippen molar-refractivity contribution in [3.63, 3.8) is 0 Å². The van der Waals surface area contributed by atoms with Crippen LogP contribution in [0.3, 0.4) is 0 Å². The topological polar surface area (TPSA) is 20.0 Å². The molecule has 1 aliphatic heterocycles. The number of piperazine rings is 1. The van der Waals surface area contributed by atoms with Gasteiger partial charge in [-0.25, -0.2) is 0 Å². The highest BCUT2D eigenvalue weighted by atomic mass is 79.9. The van der Waals surface area contributed by atoms with Gasteiger partial charge >= 0.3 is 0 Å². The van der Waals surface area contributed by atoms with Crippen molar-refractivity contribution in [2.75, 3.05) is 26.2 Å². The number of benzene rings is 2. The molecule has 5 heteroatoms. The maximum Gasteiger partial charge on any atom is 0.140 e. The molecule has 1 saturated heterocycles. The van der Waals surface area contributed by atoms with Crippen molar-refractivity contribution in [3.8, 4) is 11.1 Å². The summed E-state index contributed by atoms with van der Waals surface area (Å²) >= 11 is 5.23. The Bertz CT molecular complexity index is 943. The summed E-state index contributed by atoms with van der Waals surface area (Å²) in [6.45, 7) is 4.22. The first-order valence-corrected chi connectivity index (χ1v) is 11.0. The van der Waals surface area contributed by atoms with Gasteiger partial charge in [-0.05, 0) is 39.2 Å². The minimum atomic E-state index is 0.455. The normalized spacial score (nSPS) is 17.4. The smallest absolute Gasteiger partial charge is 0.140 e. The molecule has 0 bridgehead atoms. The van der Waals surface area contributed by atoms with Crippen LogP contribution in [0.5, 0.6) is 0 Å². The van der Waals surface area contributed by atoms with Crippen molar-refractivity contribution < 1.29 is 4.90 Å². The number of hydrazone groups is 1. The molecule has 0 saturated carbocycles. The molecule has 0 unspecified atom stereocenters. The summed E-state index contributed by atoms with van der Waals surface area (Å²) in [5.41, 5.74) is 5.78. The first kappa shape index (κ1) is 17.2. The van der Waals surface area contributed by atoms with Gasteiger partial charge in [-0.15, -0.1) is 11.3 Å². The molecule has 0 amide bonds. The molecule has 27 heavy (non-hydrogen) atoms. The molecule has 0 radical (unpaired) electrons. The first-order valence-electron chi connectivity index (χ1n) is 9.37. The Morgan fingerprint density at radius 1 is 0.926 bits per heavy atom. The molecule has 1 aromatic heterocycles. The molecule has 1 aliphatic carbocycles. The largest absolute Gasteiger partial charge is 0.322 e. The molecular formula is C22H21BrN3S+. The van der Waals surface area contributed by atoms with Gasteiger partial charge < -0.3 is 4.90 Å². The summed E-state index contributed by atoms with van der Waals surface area (Å²) < 4.78 is 1.15. The van der Waals surface area contributed by atoms with E-state index in [1.54, 1.807) is 16.2 Å². The average molecular weight is 439 g/mol. The summed E-state index contributed by atoms with van der Waals surface area (Å²) in [5, 5.41) is 6.91. The molecule has 2 heterocycles. The lowest BCUT2D eigenvalue weighted by Gasteiger charge is -2.34. The molecule has 136 valence electrons. The van der Waals surface area contributed by atoms with E-state index in [9.17, 15) is 0 Å². The second kappa shape index (κ2) is 7.23. The second-order valence-corrected chi connectivity index (χ2v) is 9.60. The predicted molar refractivity (Wildman–Crippen MR) is 116 cm³/mol. The number of rotatable bonds is 3. The highest BCUT2D eigenvalue weighted by Gasteiger charge is 2.37. The monoisotopic (exact) mass is 438 g/mol. The molecule has 5 rings (SSSR count). The van der Waals surface area contributed by atoms with E-state index in [1.807, 2.05) is 6.21 Å². The highest BCUT2D eigenvalue weighted by Crippen LogP contribution is 2.41. The van der Waals surface area contributed by atoms with Crippen LogP contribution in [0.2, 0.25) is 0 Å². The Morgan fingerprint density at radius 3 is 2.15 bits per heavy atom. The van der Waals surface area contributed by atoms with E-state index in [-0.39, 0.29) is 0 Å². The Kier molecular flexibility index (Phi) is 4.60. The predicted octanol–water partition coefficient (Wildman–Crippen LogP) is 3.82. The van der Waals surface area contributed by atoms with Crippen LogP contribution in [0, 0.1) is 0 Å². The van der Waals surface area contributed by atoms with Gasteiger partial charge in [-0.3, -0.25) is 5.01 Å². The van der Waals surface area contributed by atoms with Gasteiger partial charge in [0.25, 0.3) is 0 Å². The van der Waals surface area contributed by atoms with E-state index in [1.165, 1.54) is 27.1 Å². The quantitative estimate of drug-likeness (QED) is 0.616. The van der Waals surface area contributed by atoms with Crippen LogP contribution in [-0.2, 0) is 0 Å². The van der Waals surface area contributed by atoms with Crippen LogP contribution >= 0.6 is 27.3 Å². The van der Waals surface area contributed by atoms with E-state index >= 15 is 0 Å². The standard InChI is InChI=1S/C22H20BrN3S/c23-21-10-9-16(27-21)15-24-26-13-11-25(12-14-26)22-19-7-3-1-5-17(19)18-6-2-4-8-20(18)22/h1-10,15,22H,11-14H2/p+1/b24-15+. The zero-order chi connectivity index (χ0) is 18.2. The minimum Gasteiger partial charge on any atom is -0.322 e. The fraction of sp³-hybridized carbons (Fsp3) is 0.227. The van der Waals surface area contributed by atoms with Gasteiger partial charge in [-0.1, -0.05) is 48.5 Å². The number of halogens is 1. The van der Waals surface area contributed by atoms with Crippen LogP contribution in [-0.4, -0.2) is 37.4 Å². The van der Waals surface area contributed by atoms with Crippen molar-refractivity contribution in [2.24, 2.45) is 5.10 Å². The molecule has 1 N–H and O–H groups in total. The lowest BCUT2D eigenvalue weighted by Crippen LogP contribution is -3.14. The van der Waals surface area contributed by atoms with Crippen molar-refractivity contribution >= 4 is 33.5 Å². The fourth-order valence-corrected chi connectivity index (χ4v) is 5.61. The zero-order valence-electron chi connectivity index (χ0n) is 14.9. The van der Waals surface area contributed by atoms with Gasteiger partial charge in [0.05, 0.1) is 36.2 Å². The summed E-state index contributed by atoms with van der Waals surface area (Å²) in [7, 11) is 0. The molecular weight excluding hydrogens is 418 g/mol. The van der Waals surface area contributed by atoms with Crippen LogP contribution < -0.4 is 4.90 Å². The molecule has 3 aromatic rings. The van der Waals surface area contributed by atoms with Crippen molar-refractivity contribution in [1.82, 2.24) is 5.01 Å². The number of quaternary nitrogens is 1. The summed E-state index contributed by atoms with van der Waals surface area (Å²) in [4.78, 5) is 2.84. The zero-order valence-corrected chi connectivity index (χ0v) is 17.3. The fourth-order valence-electron chi connectivity index (χ4n) is 4.32. The van der Waals surface area contributed by atoms with Crippen LogP contribution in [0.1, 0.15) is 22.0 Å². The molecule has 2 aromatic carbocycles. The third-order valence-corrected chi connectivity index (χ3v) is 7.12. The van der Waals surface area contributed by atoms with Crippen molar-refractivity contribution in [2.45, 2.75) is 6.04 Å². The molecule has 3 nitrogen and oxygen atoms in total. The lowest BCUT2D eigenvalue weighted by molar-refractivity contribution is -0.929. The molecule has 0 atom stereocenters. The van der Waals surface area contributed by atoms with Gasteiger partial charge in [0, 0.05) is 16.0 Å². The molecule has 1 fully saturated rings. The van der Waals surface area contributed by atoms with E-state index in [0.717, 1.165) is 30.0 Å². The average Bonchev–Trinajstić information content (AvgIpc) is 3.28. The number of nitrogens with one attached hydrogen (secondary N) is 1. The van der Waals surface area contributed by atoms with Gasteiger partial charge in [-0.2, -0.15) is 5.10 Å². The SMILES string of the molecule is Brc1ccc(/C=N/N2CC[NH+](C3c4ccccc4-c4ccccc43)CC2)s1. The maximum absolute atomic E-state index is 4.70. The second-order valence-electron chi connectivity index (χ2n) is 7.11. The minimum absolute atomic E-state index is 0.455. The summed E-state index contributed by atoms with van der Waals surface area (Å²) in [6.07, 6.45) is 1.99. The van der Waals surface area contributed by atoms with Crippen LogP contribution in [0.15, 0.2) is 69.6 Å². The Balaban J connectivity index is 1.33. The van der Waals surface area contributed by atoms with E-state index in [0.29, 0.717) is 6.04 Å². The van der Waals surface area contributed by atoms with Gasteiger partial charge in [0.2, 0.25) is 0 Å².